The highest BCUT2D eigenvalue weighted by Gasteiger charge is 2.44. The number of hydrogen-bond donors (Lipinski definition) is 7. The van der Waals surface area contributed by atoms with E-state index in [0.717, 1.165) is 12.0 Å². The van der Waals surface area contributed by atoms with Crippen molar-refractivity contribution in [2.75, 3.05) is 0 Å². The van der Waals surface area contributed by atoms with E-state index < -0.39 is 55.5 Å². The normalized spacial score (nSPS) is 20.3. The molecular weight excluding hydrogens is 639 g/mol. The first-order valence-electron chi connectivity index (χ1n) is 16.1. The van der Waals surface area contributed by atoms with Gasteiger partial charge in [-0.15, -0.1) is 0 Å². The van der Waals surface area contributed by atoms with Crippen LogP contribution in [0.2, 0.25) is 0 Å². The standard InChI is InChI=1S/C33H41N6O8P/c34-29(40)15-13-25(30(41)35-18-20-6-2-1-3-7-20)37-32(43)28-14-11-23-8-4-5-9-26(33(44)39(23)28)38-31(42)27-17-22-16-21(19-48(45,46)47)10-12-24(22)36-27/h1-3,6-7,10,12,16-17,23,25-26,28,36H,4-5,8-9,11,13-15,18-19H2,(H2,34,40)(H,35,41)(H,37,43)(H,38,42)(H2,45,46,47)/t23?,25-,26-,28-/m0/s1. The Kier molecular flexibility index (Phi) is 11.0. The first-order chi connectivity index (χ1) is 22.9. The minimum Gasteiger partial charge on any atom is -0.370 e. The van der Waals surface area contributed by atoms with Crippen LogP contribution in [0.1, 0.15) is 73.0 Å². The van der Waals surface area contributed by atoms with Crippen LogP contribution in [0.5, 0.6) is 0 Å². The van der Waals surface area contributed by atoms with Crippen molar-refractivity contribution >= 4 is 48.0 Å². The molecule has 48 heavy (non-hydrogen) atoms. The molecule has 1 unspecified atom stereocenters. The molecule has 14 nitrogen and oxygen atoms in total. The van der Waals surface area contributed by atoms with E-state index in [2.05, 4.69) is 20.9 Å². The molecule has 5 amide bonds. The van der Waals surface area contributed by atoms with Gasteiger partial charge in [0.1, 0.15) is 23.8 Å². The van der Waals surface area contributed by atoms with Crippen molar-refractivity contribution in [2.24, 2.45) is 5.73 Å². The summed E-state index contributed by atoms with van der Waals surface area (Å²) in [5, 5.41) is 8.98. The summed E-state index contributed by atoms with van der Waals surface area (Å²) in [4.78, 5) is 88.9. The minimum absolute atomic E-state index is 0.00419. The number of hydrogen-bond acceptors (Lipinski definition) is 6. The second-order valence-corrected chi connectivity index (χ2v) is 14.1. The number of benzene rings is 2. The quantitative estimate of drug-likeness (QED) is 0.140. The summed E-state index contributed by atoms with van der Waals surface area (Å²) in [5.41, 5.74) is 7.40. The molecule has 0 bridgehead atoms. The molecule has 4 atom stereocenters. The zero-order chi connectivity index (χ0) is 34.4. The molecule has 2 fully saturated rings. The SMILES string of the molecule is NC(=O)CC[C@H](NC(=O)[C@@H]1CCC2CCCC[C@H](NC(=O)c3cc4cc(CP(=O)(O)O)ccc4[nH]3)C(=O)N21)C(=O)NCc1ccccc1. The van der Waals surface area contributed by atoms with Crippen LogP contribution in [-0.2, 0) is 36.4 Å². The topological polar surface area (TPSA) is 224 Å². The highest BCUT2D eigenvalue weighted by molar-refractivity contribution is 7.50. The summed E-state index contributed by atoms with van der Waals surface area (Å²) < 4.78 is 11.4. The number of nitrogens with zero attached hydrogens (tertiary/aromatic N) is 1. The molecule has 1 aromatic heterocycles. The van der Waals surface area contributed by atoms with Gasteiger partial charge in [0.25, 0.3) is 5.91 Å². The van der Waals surface area contributed by atoms with E-state index in [9.17, 15) is 38.3 Å². The van der Waals surface area contributed by atoms with E-state index in [-0.39, 0.29) is 37.0 Å². The number of H-pyrrole nitrogens is 1. The van der Waals surface area contributed by atoms with Crippen molar-refractivity contribution in [1.82, 2.24) is 25.8 Å². The van der Waals surface area contributed by atoms with Crippen molar-refractivity contribution < 1.29 is 38.3 Å². The lowest BCUT2D eigenvalue weighted by atomic mass is 9.98. The molecule has 0 radical (unpaired) electrons. The number of primary amides is 1. The predicted molar refractivity (Wildman–Crippen MR) is 176 cm³/mol. The Labute approximate surface area is 277 Å². The molecule has 2 aliphatic rings. The summed E-state index contributed by atoms with van der Waals surface area (Å²) in [5.74, 6) is -2.50. The molecule has 2 saturated heterocycles. The largest absolute Gasteiger partial charge is 0.370 e. The van der Waals surface area contributed by atoms with Crippen LogP contribution in [0.25, 0.3) is 10.9 Å². The molecule has 2 aromatic carbocycles. The maximum absolute atomic E-state index is 14.0. The number of carbonyl (C=O) groups is 5. The fourth-order valence-corrected chi connectivity index (χ4v) is 7.20. The Bertz CT molecular complexity index is 1720. The third-order valence-electron chi connectivity index (χ3n) is 8.88. The van der Waals surface area contributed by atoms with Gasteiger partial charge in [-0.2, -0.15) is 0 Å². The molecule has 0 aliphatic carbocycles. The molecule has 0 saturated carbocycles. The number of rotatable bonds is 12. The van der Waals surface area contributed by atoms with E-state index >= 15 is 0 Å². The molecule has 256 valence electrons. The minimum atomic E-state index is -4.27. The van der Waals surface area contributed by atoms with Crippen molar-refractivity contribution in [3.8, 4) is 0 Å². The maximum atomic E-state index is 14.0. The zero-order valence-corrected chi connectivity index (χ0v) is 27.3. The molecular formula is C33H41N6O8P. The molecule has 5 rings (SSSR count). The monoisotopic (exact) mass is 680 g/mol. The van der Waals surface area contributed by atoms with E-state index in [1.165, 1.54) is 0 Å². The van der Waals surface area contributed by atoms with Crippen molar-refractivity contribution in [3.05, 3.63) is 71.4 Å². The predicted octanol–water partition coefficient (Wildman–Crippen LogP) is 1.94. The molecule has 3 heterocycles. The highest BCUT2D eigenvalue weighted by Crippen LogP contribution is 2.39. The maximum Gasteiger partial charge on any atom is 0.329 e. The van der Waals surface area contributed by atoms with E-state index in [0.29, 0.717) is 48.6 Å². The van der Waals surface area contributed by atoms with Gasteiger partial charge in [0.05, 0.1) is 6.16 Å². The average molecular weight is 681 g/mol. The van der Waals surface area contributed by atoms with Crippen LogP contribution in [0.4, 0.5) is 0 Å². The molecule has 15 heteroatoms. The van der Waals surface area contributed by atoms with Gasteiger partial charge in [0.15, 0.2) is 0 Å². The number of nitrogens with two attached hydrogens (primary N) is 1. The third-order valence-corrected chi connectivity index (χ3v) is 9.66. The zero-order valence-electron chi connectivity index (χ0n) is 26.4. The van der Waals surface area contributed by atoms with Crippen molar-refractivity contribution in [2.45, 2.75) is 88.2 Å². The highest BCUT2D eigenvalue weighted by atomic mass is 31.2. The fraction of sp³-hybridized carbons (Fsp3) is 0.424. The molecule has 0 spiro atoms. The Morgan fingerprint density at radius 3 is 2.46 bits per heavy atom. The Morgan fingerprint density at radius 1 is 0.979 bits per heavy atom. The number of aromatic amines is 1. The van der Waals surface area contributed by atoms with Gasteiger partial charge in [0.2, 0.25) is 23.6 Å². The van der Waals surface area contributed by atoms with Gasteiger partial charge >= 0.3 is 7.60 Å². The average Bonchev–Trinajstić information content (AvgIpc) is 3.66. The Hall–Kier alpha value is -4.52. The van der Waals surface area contributed by atoms with E-state index in [1.54, 1.807) is 29.2 Å². The van der Waals surface area contributed by atoms with E-state index in [4.69, 9.17) is 5.73 Å². The number of fused-ring (bicyclic) bond motifs is 2. The smallest absolute Gasteiger partial charge is 0.329 e. The summed E-state index contributed by atoms with van der Waals surface area (Å²) in [6, 6.07) is 12.6. The number of nitrogens with one attached hydrogen (secondary N) is 4. The van der Waals surface area contributed by atoms with Crippen LogP contribution < -0.4 is 21.7 Å². The lowest BCUT2D eigenvalue weighted by Crippen LogP contribution is -2.58. The Morgan fingerprint density at radius 2 is 1.73 bits per heavy atom. The van der Waals surface area contributed by atoms with Gasteiger partial charge in [-0.3, -0.25) is 28.5 Å². The van der Waals surface area contributed by atoms with Crippen molar-refractivity contribution in [3.63, 3.8) is 0 Å². The number of amides is 5. The van der Waals surface area contributed by atoms with Crippen LogP contribution in [0.3, 0.4) is 0 Å². The van der Waals surface area contributed by atoms with Crippen LogP contribution in [-0.4, -0.2) is 73.4 Å². The van der Waals surface area contributed by atoms with Gasteiger partial charge in [-0.1, -0.05) is 49.2 Å². The number of aromatic nitrogens is 1. The van der Waals surface area contributed by atoms with Gasteiger partial charge in [-0.05, 0) is 61.4 Å². The van der Waals surface area contributed by atoms with Crippen molar-refractivity contribution in [1.29, 1.82) is 0 Å². The molecule has 2 aliphatic heterocycles. The first kappa shape index (κ1) is 34.8. The van der Waals surface area contributed by atoms with Crippen LogP contribution in [0, 0.1) is 0 Å². The Balaban J connectivity index is 1.28. The second kappa shape index (κ2) is 15.1. The molecule has 3 aromatic rings. The van der Waals surface area contributed by atoms with Crippen LogP contribution >= 0.6 is 7.60 Å². The second-order valence-electron chi connectivity index (χ2n) is 12.5. The summed E-state index contributed by atoms with van der Waals surface area (Å²) in [7, 11) is -4.27. The van der Waals surface area contributed by atoms with Gasteiger partial charge in [0, 0.05) is 29.9 Å². The lowest BCUT2D eigenvalue weighted by Gasteiger charge is -2.35. The fourth-order valence-electron chi connectivity index (χ4n) is 6.53. The van der Waals surface area contributed by atoms with Gasteiger partial charge in [-0.25, -0.2) is 0 Å². The summed E-state index contributed by atoms with van der Waals surface area (Å²) in [6.07, 6.45) is 3.01. The number of carbonyl (C=O) groups excluding carboxylic acids is 5. The van der Waals surface area contributed by atoms with Crippen LogP contribution in [0.15, 0.2) is 54.6 Å². The third kappa shape index (κ3) is 8.88. The summed E-state index contributed by atoms with van der Waals surface area (Å²) in [6.45, 7) is 0.227. The van der Waals surface area contributed by atoms with E-state index in [1.807, 2.05) is 30.3 Å². The molecule has 8 N–H and O–H groups in total. The lowest BCUT2D eigenvalue weighted by molar-refractivity contribution is -0.143. The first-order valence-corrected chi connectivity index (χ1v) is 17.9. The van der Waals surface area contributed by atoms with Gasteiger partial charge < -0.3 is 41.4 Å². The summed E-state index contributed by atoms with van der Waals surface area (Å²) >= 11 is 0.